The second kappa shape index (κ2) is 10.0. The summed E-state index contributed by atoms with van der Waals surface area (Å²) in [4.78, 5) is 25.5. The average Bonchev–Trinajstić information content (AvgIpc) is 2.39. The van der Waals surface area contributed by atoms with Crippen LogP contribution >= 0.6 is 12.4 Å². The number of halogens is 1. The number of hydrogen-bond acceptors (Lipinski definition) is 4. The first-order valence-corrected chi connectivity index (χ1v) is 6.84. The van der Waals surface area contributed by atoms with Gasteiger partial charge in [-0.15, -0.1) is 12.4 Å². The third-order valence-corrected chi connectivity index (χ3v) is 3.12. The molecule has 0 aromatic carbocycles. The molecule has 1 amide bonds. The van der Waals surface area contributed by atoms with E-state index in [0.717, 1.165) is 32.4 Å². The lowest BCUT2D eigenvalue weighted by molar-refractivity contribution is -0.150. The first-order chi connectivity index (χ1) is 8.69. The largest absolute Gasteiger partial charge is 0.465 e. The third-order valence-electron chi connectivity index (χ3n) is 3.12. The van der Waals surface area contributed by atoms with Crippen LogP contribution in [0.3, 0.4) is 0 Å². The number of carbonyl (C=O) groups is 2. The van der Waals surface area contributed by atoms with Crippen LogP contribution in [0.4, 0.5) is 0 Å². The van der Waals surface area contributed by atoms with Crippen molar-refractivity contribution in [3.63, 3.8) is 0 Å². The molecule has 0 radical (unpaired) electrons. The summed E-state index contributed by atoms with van der Waals surface area (Å²) in [6, 6.07) is 0. The Morgan fingerprint density at radius 1 is 1.26 bits per heavy atom. The van der Waals surface area contributed by atoms with E-state index in [1.165, 1.54) is 0 Å². The predicted molar refractivity (Wildman–Crippen MR) is 76.3 cm³/mol. The number of hydrogen-bond donors (Lipinski definition) is 1. The fraction of sp³-hybridized carbons (Fsp3) is 0.846. The maximum Gasteiger partial charge on any atom is 0.325 e. The van der Waals surface area contributed by atoms with Crippen LogP contribution in [0.15, 0.2) is 0 Å². The minimum Gasteiger partial charge on any atom is -0.465 e. The van der Waals surface area contributed by atoms with Crippen LogP contribution in [-0.2, 0) is 14.3 Å². The minimum absolute atomic E-state index is 0. The van der Waals surface area contributed by atoms with Gasteiger partial charge in [-0.2, -0.15) is 0 Å². The van der Waals surface area contributed by atoms with E-state index in [1.807, 2.05) is 6.92 Å². The van der Waals surface area contributed by atoms with E-state index in [9.17, 15) is 9.59 Å². The summed E-state index contributed by atoms with van der Waals surface area (Å²) < 4.78 is 4.91. The van der Waals surface area contributed by atoms with Gasteiger partial charge >= 0.3 is 5.97 Å². The fourth-order valence-electron chi connectivity index (χ4n) is 2.23. The van der Waals surface area contributed by atoms with Gasteiger partial charge in [-0.05, 0) is 39.3 Å². The van der Waals surface area contributed by atoms with Crippen LogP contribution < -0.4 is 5.32 Å². The van der Waals surface area contributed by atoms with Gasteiger partial charge < -0.3 is 15.0 Å². The maximum absolute atomic E-state index is 12.3. The van der Waals surface area contributed by atoms with Gasteiger partial charge in [-0.3, -0.25) is 9.59 Å². The van der Waals surface area contributed by atoms with Crippen LogP contribution in [0.25, 0.3) is 0 Å². The lowest BCUT2D eigenvalue weighted by atomic mass is 9.96. The van der Waals surface area contributed by atoms with Gasteiger partial charge in [0.2, 0.25) is 5.91 Å². The summed E-state index contributed by atoms with van der Waals surface area (Å²) in [7, 11) is 0. The number of ether oxygens (including phenoxy) is 1. The lowest BCUT2D eigenvalue weighted by Crippen LogP contribution is -2.43. The quantitative estimate of drug-likeness (QED) is 0.748. The number of esters is 1. The van der Waals surface area contributed by atoms with Gasteiger partial charge in [0.1, 0.15) is 6.54 Å². The first-order valence-electron chi connectivity index (χ1n) is 6.84. The molecule has 0 atom stereocenters. The Bertz CT molecular complexity index is 281. The third kappa shape index (κ3) is 6.25. The summed E-state index contributed by atoms with van der Waals surface area (Å²) in [6.07, 6.45) is 2.58. The predicted octanol–water partition coefficient (Wildman–Crippen LogP) is 1.21. The molecule has 1 fully saturated rings. The number of nitrogens with one attached hydrogen (secondary N) is 1. The van der Waals surface area contributed by atoms with E-state index in [2.05, 4.69) is 5.32 Å². The normalized spacial score (nSPS) is 15.5. The molecule has 1 heterocycles. The zero-order chi connectivity index (χ0) is 13.4. The Morgan fingerprint density at radius 3 is 2.42 bits per heavy atom. The van der Waals surface area contributed by atoms with Crippen LogP contribution in [-0.4, -0.2) is 49.6 Å². The Kier molecular flexibility index (Phi) is 9.61. The van der Waals surface area contributed by atoms with Crippen molar-refractivity contribution >= 4 is 24.3 Å². The number of piperidine rings is 1. The molecule has 0 bridgehead atoms. The first kappa shape index (κ1) is 18.2. The van der Waals surface area contributed by atoms with Crippen molar-refractivity contribution in [3.8, 4) is 0 Å². The van der Waals surface area contributed by atoms with E-state index < -0.39 is 0 Å². The Morgan fingerprint density at radius 2 is 1.89 bits per heavy atom. The molecule has 0 spiro atoms. The van der Waals surface area contributed by atoms with Gasteiger partial charge in [-0.1, -0.05) is 6.92 Å². The van der Waals surface area contributed by atoms with Crippen molar-refractivity contribution in [3.05, 3.63) is 0 Å². The second-order valence-electron chi connectivity index (χ2n) is 4.59. The van der Waals surface area contributed by atoms with E-state index in [4.69, 9.17) is 4.74 Å². The van der Waals surface area contributed by atoms with Crippen LogP contribution in [0.1, 0.15) is 33.1 Å². The van der Waals surface area contributed by atoms with Crippen molar-refractivity contribution < 1.29 is 14.3 Å². The average molecular weight is 293 g/mol. The Hall–Kier alpha value is -0.810. The molecule has 1 aliphatic rings. The highest BCUT2D eigenvalue weighted by molar-refractivity contribution is 5.85. The molecule has 1 saturated heterocycles. The van der Waals surface area contributed by atoms with E-state index in [1.54, 1.807) is 11.8 Å². The highest BCUT2D eigenvalue weighted by atomic mass is 35.5. The topological polar surface area (TPSA) is 58.6 Å². The van der Waals surface area contributed by atoms with Gasteiger partial charge in [0.25, 0.3) is 0 Å². The Labute approximate surface area is 121 Å². The molecular formula is C13H25ClN2O3. The highest BCUT2D eigenvalue weighted by Gasteiger charge is 2.26. The molecule has 0 aromatic heterocycles. The summed E-state index contributed by atoms with van der Waals surface area (Å²) in [5, 5.41) is 3.24. The summed E-state index contributed by atoms with van der Waals surface area (Å²) in [5.41, 5.74) is 0. The van der Waals surface area contributed by atoms with Crippen molar-refractivity contribution in [2.24, 2.45) is 5.92 Å². The zero-order valence-corrected chi connectivity index (χ0v) is 12.6. The Balaban J connectivity index is 0.00000324. The lowest BCUT2D eigenvalue weighted by Gasteiger charge is -2.28. The van der Waals surface area contributed by atoms with E-state index in [-0.39, 0.29) is 36.7 Å². The molecule has 0 saturated carbocycles. The van der Waals surface area contributed by atoms with Gasteiger partial charge in [-0.25, -0.2) is 0 Å². The molecule has 5 nitrogen and oxygen atoms in total. The number of amides is 1. The standard InChI is InChI=1S/C13H24N2O3.ClH/c1-3-9-15(10-12(16)18-4-2)13(17)11-5-7-14-8-6-11;/h11,14H,3-10H2,1-2H3;1H. The summed E-state index contributed by atoms with van der Waals surface area (Å²) in [5.74, 6) is -0.146. The van der Waals surface area contributed by atoms with E-state index >= 15 is 0 Å². The minimum atomic E-state index is -0.312. The molecule has 112 valence electrons. The highest BCUT2D eigenvalue weighted by Crippen LogP contribution is 2.15. The molecule has 1 rings (SSSR count). The van der Waals surface area contributed by atoms with Gasteiger partial charge in [0, 0.05) is 12.5 Å². The zero-order valence-electron chi connectivity index (χ0n) is 11.8. The molecule has 19 heavy (non-hydrogen) atoms. The summed E-state index contributed by atoms with van der Waals surface area (Å²) in [6.45, 7) is 6.63. The maximum atomic E-state index is 12.3. The van der Waals surface area contributed by atoms with Crippen molar-refractivity contribution in [1.82, 2.24) is 10.2 Å². The van der Waals surface area contributed by atoms with Crippen LogP contribution in [0.2, 0.25) is 0 Å². The smallest absolute Gasteiger partial charge is 0.325 e. The molecule has 0 unspecified atom stereocenters. The molecule has 1 aliphatic heterocycles. The van der Waals surface area contributed by atoms with Crippen molar-refractivity contribution in [2.75, 3.05) is 32.8 Å². The molecule has 6 heteroatoms. The SMILES string of the molecule is CCCN(CC(=O)OCC)C(=O)C1CCNCC1.Cl. The van der Waals surface area contributed by atoms with E-state index in [0.29, 0.717) is 13.2 Å². The number of rotatable bonds is 6. The molecule has 0 aliphatic carbocycles. The molecular weight excluding hydrogens is 268 g/mol. The second-order valence-corrected chi connectivity index (χ2v) is 4.59. The van der Waals surface area contributed by atoms with Crippen LogP contribution in [0, 0.1) is 5.92 Å². The fourth-order valence-corrected chi connectivity index (χ4v) is 2.23. The summed E-state index contributed by atoms with van der Waals surface area (Å²) >= 11 is 0. The van der Waals surface area contributed by atoms with Crippen LogP contribution in [0.5, 0.6) is 0 Å². The number of nitrogens with zero attached hydrogens (tertiary/aromatic N) is 1. The number of carbonyl (C=O) groups excluding carboxylic acids is 2. The van der Waals surface area contributed by atoms with Crippen molar-refractivity contribution in [1.29, 1.82) is 0 Å². The monoisotopic (exact) mass is 292 g/mol. The molecule has 0 aromatic rings. The molecule has 1 N–H and O–H groups in total. The van der Waals surface area contributed by atoms with Gasteiger partial charge in [0.05, 0.1) is 6.61 Å². The van der Waals surface area contributed by atoms with Gasteiger partial charge in [0.15, 0.2) is 0 Å². The van der Waals surface area contributed by atoms with Crippen molar-refractivity contribution in [2.45, 2.75) is 33.1 Å².